The molecule has 1 aromatic rings. The van der Waals surface area contributed by atoms with E-state index in [0.717, 1.165) is 19.5 Å². The van der Waals surface area contributed by atoms with E-state index in [2.05, 4.69) is 49.4 Å². The van der Waals surface area contributed by atoms with E-state index in [1.165, 1.54) is 5.56 Å². The van der Waals surface area contributed by atoms with Crippen molar-refractivity contribution in [1.82, 2.24) is 4.90 Å². The Bertz CT molecular complexity index is 391. The fourth-order valence-corrected chi connectivity index (χ4v) is 3.80. The van der Waals surface area contributed by atoms with Gasteiger partial charge in [-0.3, -0.25) is 4.90 Å². The van der Waals surface area contributed by atoms with Crippen LogP contribution in [0.25, 0.3) is 0 Å². The number of hydrogen-bond acceptors (Lipinski definition) is 4. The van der Waals surface area contributed by atoms with Crippen LogP contribution in [0.5, 0.6) is 0 Å². The minimum absolute atomic E-state index is 0.0978. The molecule has 1 saturated heterocycles. The van der Waals surface area contributed by atoms with Gasteiger partial charge in [0.05, 0.1) is 17.7 Å². The lowest BCUT2D eigenvalue weighted by molar-refractivity contribution is -0.140. The molecular weight excluding hydrogens is 256 g/mol. The maximum Gasteiger partial charge on any atom is 0.0757 e. The van der Waals surface area contributed by atoms with Gasteiger partial charge in [-0.05, 0) is 49.6 Å². The van der Waals surface area contributed by atoms with E-state index in [-0.39, 0.29) is 17.7 Å². The van der Waals surface area contributed by atoms with Crippen LogP contribution in [0.3, 0.4) is 0 Å². The highest BCUT2D eigenvalue weighted by Gasteiger charge is 2.37. The summed E-state index contributed by atoms with van der Waals surface area (Å²) in [6, 6.07) is 2.69. The van der Waals surface area contributed by atoms with E-state index in [1.807, 2.05) is 0 Å². The number of morpholine rings is 1. The number of nitrogens with zero attached hydrogens (tertiary/aromatic N) is 1. The average molecular weight is 282 g/mol. The maximum absolute atomic E-state index is 6.40. The zero-order valence-electron chi connectivity index (χ0n) is 12.4. The van der Waals surface area contributed by atoms with E-state index in [4.69, 9.17) is 10.5 Å². The third kappa shape index (κ3) is 3.57. The van der Waals surface area contributed by atoms with Gasteiger partial charge in [-0.1, -0.05) is 6.92 Å². The lowest BCUT2D eigenvalue weighted by atomic mass is 9.95. The van der Waals surface area contributed by atoms with Crippen LogP contribution in [-0.2, 0) is 4.74 Å². The number of nitrogens with two attached hydrogens (primary N) is 1. The molecule has 3 atom stereocenters. The van der Waals surface area contributed by atoms with Crippen molar-refractivity contribution in [2.24, 2.45) is 5.73 Å². The molecular formula is C15H26N2OS. The van der Waals surface area contributed by atoms with Crippen molar-refractivity contribution in [2.75, 3.05) is 13.1 Å². The van der Waals surface area contributed by atoms with Crippen molar-refractivity contribution < 1.29 is 4.74 Å². The Morgan fingerprint density at radius 2 is 2.32 bits per heavy atom. The van der Waals surface area contributed by atoms with Crippen molar-refractivity contribution in [2.45, 2.75) is 57.9 Å². The van der Waals surface area contributed by atoms with Gasteiger partial charge in [0, 0.05) is 19.1 Å². The molecule has 1 aromatic heterocycles. The second-order valence-electron chi connectivity index (χ2n) is 6.19. The van der Waals surface area contributed by atoms with Crippen molar-refractivity contribution in [1.29, 1.82) is 0 Å². The van der Waals surface area contributed by atoms with Gasteiger partial charge in [-0.15, -0.1) is 0 Å². The van der Waals surface area contributed by atoms with Gasteiger partial charge in [0.2, 0.25) is 0 Å². The quantitative estimate of drug-likeness (QED) is 0.922. The molecule has 19 heavy (non-hydrogen) atoms. The predicted molar refractivity (Wildman–Crippen MR) is 81.5 cm³/mol. The SMILES string of the molecule is CCC(N)C(c1ccsc1)N1CC(C)OC(C)(C)C1. The number of ether oxygens (including phenoxy) is 1. The van der Waals surface area contributed by atoms with Crippen LogP contribution in [0.4, 0.5) is 0 Å². The van der Waals surface area contributed by atoms with Crippen LogP contribution in [0, 0.1) is 0 Å². The molecule has 0 radical (unpaired) electrons. The Hall–Kier alpha value is -0.420. The smallest absolute Gasteiger partial charge is 0.0757 e. The minimum atomic E-state index is -0.0978. The number of thiophene rings is 1. The Morgan fingerprint density at radius 1 is 1.58 bits per heavy atom. The molecule has 108 valence electrons. The van der Waals surface area contributed by atoms with Crippen LogP contribution in [0.2, 0.25) is 0 Å². The summed E-state index contributed by atoms with van der Waals surface area (Å²) in [4.78, 5) is 2.50. The standard InChI is InChI=1S/C15H26N2OS/c1-5-13(16)14(12-6-7-19-9-12)17-8-11(2)18-15(3,4)10-17/h6-7,9,11,13-14H,5,8,10,16H2,1-4H3. The van der Waals surface area contributed by atoms with E-state index in [1.54, 1.807) is 11.3 Å². The largest absolute Gasteiger partial charge is 0.370 e. The predicted octanol–water partition coefficient (Wildman–Crippen LogP) is 3.03. The molecule has 0 aliphatic carbocycles. The van der Waals surface area contributed by atoms with Crippen LogP contribution >= 0.6 is 11.3 Å². The second kappa shape index (κ2) is 5.92. The van der Waals surface area contributed by atoms with E-state index < -0.39 is 0 Å². The van der Waals surface area contributed by atoms with Crippen molar-refractivity contribution in [3.05, 3.63) is 22.4 Å². The number of hydrogen-bond donors (Lipinski definition) is 1. The van der Waals surface area contributed by atoms with Crippen molar-refractivity contribution >= 4 is 11.3 Å². The molecule has 3 nitrogen and oxygen atoms in total. The molecule has 2 N–H and O–H groups in total. The molecule has 0 aromatic carbocycles. The molecule has 0 saturated carbocycles. The summed E-state index contributed by atoms with van der Waals surface area (Å²) in [5.41, 5.74) is 7.65. The topological polar surface area (TPSA) is 38.5 Å². The Balaban J connectivity index is 2.23. The van der Waals surface area contributed by atoms with Gasteiger partial charge in [0.1, 0.15) is 0 Å². The van der Waals surface area contributed by atoms with Gasteiger partial charge in [-0.25, -0.2) is 0 Å². The molecule has 1 fully saturated rings. The van der Waals surface area contributed by atoms with E-state index in [9.17, 15) is 0 Å². The molecule has 2 heterocycles. The Kier molecular flexibility index (Phi) is 4.66. The summed E-state index contributed by atoms with van der Waals surface area (Å²) < 4.78 is 6.00. The summed E-state index contributed by atoms with van der Waals surface area (Å²) in [7, 11) is 0. The number of rotatable bonds is 4. The van der Waals surface area contributed by atoms with Gasteiger partial charge < -0.3 is 10.5 Å². The highest BCUT2D eigenvalue weighted by Crippen LogP contribution is 2.32. The normalized spacial score (nSPS) is 27.1. The van der Waals surface area contributed by atoms with Crippen molar-refractivity contribution in [3.8, 4) is 0 Å². The molecule has 1 aliphatic rings. The van der Waals surface area contributed by atoms with Crippen LogP contribution < -0.4 is 5.73 Å². The van der Waals surface area contributed by atoms with Crippen molar-refractivity contribution in [3.63, 3.8) is 0 Å². The highest BCUT2D eigenvalue weighted by atomic mass is 32.1. The third-order valence-electron chi connectivity index (χ3n) is 3.75. The molecule has 3 unspecified atom stereocenters. The third-order valence-corrected chi connectivity index (χ3v) is 4.45. The lowest BCUT2D eigenvalue weighted by Crippen LogP contribution is -2.55. The summed E-state index contributed by atoms with van der Waals surface area (Å²) in [6.07, 6.45) is 1.25. The molecule has 0 spiro atoms. The molecule has 2 rings (SSSR count). The first-order chi connectivity index (χ1) is 8.93. The Labute approximate surface area is 120 Å². The lowest BCUT2D eigenvalue weighted by Gasteiger charge is -2.46. The first-order valence-electron chi connectivity index (χ1n) is 7.12. The van der Waals surface area contributed by atoms with Crippen LogP contribution in [0.15, 0.2) is 16.8 Å². The van der Waals surface area contributed by atoms with Crippen LogP contribution in [0.1, 0.15) is 45.7 Å². The molecule has 0 bridgehead atoms. The van der Waals surface area contributed by atoms with Gasteiger partial charge in [0.25, 0.3) is 0 Å². The monoisotopic (exact) mass is 282 g/mol. The van der Waals surface area contributed by atoms with Crippen LogP contribution in [-0.4, -0.2) is 35.7 Å². The zero-order valence-corrected chi connectivity index (χ0v) is 13.2. The summed E-state index contributed by atoms with van der Waals surface area (Å²) >= 11 is 1.75. The zero-order chi connectivity index (χ0) is 14.0. The maximum atomic E-state index is 6.40. The average Bonchev–Trinajstić information content (AvgIpc) is 2.79. The van der Waals surface area contributed by atoms with Gasteiger partial charge >= 0.3 is 0 Å². The minimum Gasteiger partial charge on any atom is -0.370 e. The Morgan fingerprint density at radius 3 is 2.84 bits per heavy atom. The second-order valence-corrected chi connectivity index (χ2v) is 6.97. The first-order valence-corrected chi connectivity index (χ1v) is 8.07. The van der Waals surface area contributed by atoms with E-state index in [0.29, 0.717) is 6.04 Å². The highest BCUT2D eigenvalue weighted by molar-refractivity contribution is 7.07. The molecule has 1 aliphatic heterocycles. The van der Waals surface area contributed by atoms with Gasteiger partial charge in [-0.2, -0.15) is 11.3 Å². The fraction of sp³-hybridized carbons (Fsp3) is 0.733. The first kappa shape index (κ1) is 15.0. The summed E-state index contributed by atoms with van der Waals surface area (Å²) in [5.74, 6) is 0. The fourth-order valence-electron chi connectivity index (χ4n) is 3.11. The summed E-state index contributed by atoms with van der Waals surface area (Å²) in [6.45, 7) is 10.5. The van der Waals surface area contributed by atoms with Gasteiger partial charge in [0.15, 0.2) is 0 Å². The molecule has 0 amide bonds. The van der Waals surface area contributed by atoms with E-state index >= 15 is 0 Å². The molecule has 4 heteroatoms. The summed E-state index contributed by atoms with van der Waals surface area (Å²) in [5, 5.41) is 4.37.